The molecule has 5 heteroatoms. The number of para-hydroxylation sites is 3. The lowest BCUT2D eigenvalue weighted by Gasteiger charge is -2.19. The van der Waals surface area contributed by atoms with Crippen LogP contribution in [-0.4, -0.2) is 0 Å². The minimum absolute atomic E-state index is 0. The molecule has 0 fully saturated rings. The SMILES string of the molecule is C.CC.CC.CC.O=P(Oc1ccccc1)(Oc1ccccc1)Oc1ccccc1. The van der Waals surface area contributed by atoms with Crippen molar-refractivity contribution in [3.63, 3.8) is 0 Å². The molecule has 0 aliphatic rings. The maximum atomic E-state index is 13.1. The standard InChI is InChI=1S/C18H15O4P.3C2H6.CH4/c19-23(20-16-10-4-1-5-11-16,21-17-12-6-2-7-13-17)22-18-14-8-3-9-15-18;3*1-2;/h1-15H;3*1-2H3;1H4. The normalized spacial score (nSPS) is 8.87. The van der Waals surface area contributed by atoms with Crippen LogP contribution in [-0.2, 0) is 4.57 Å². The van der Waals surface area contributed by atoms with Gasteiger partial charge < -0.3 is 13.6 Å². The summed E-state index contributed by atoms with van der Waals surface area (Å²) < 4.78 is 29.6. The van der Waals surface area contributed by atoms with E-state index in [1.165, 1.54) is 0 Å². The van der Waals surface area contributed by atoms with Crippen LogP contribution in [0.25, 0.3) is 0 Å². The highest BCUT2D eigenvalue weighted by atomic mass is 31.2. The highest BCUT2D eigenvalue weighted by molar-refractivity contribution is 7.49. The summed E-state index contributed by atoms with van der Waals surface area (Å²) in [5.74, 6) is 1.22. The Hall–Kier alpha value is -2.71. The molecule has 0 amide bonds. The van der Waals surface area contributed by atoms with Gasteiger partial charge in [-0.2, -0.15) is 4.57 Å². The van der Waals surface area contributed by atoms with E-state index >= 15 is 0 Å². The van der Waals surface area contributed by atoms with E-state index in [-0.39, 0.29) is 7.43 Å². The first kappa shape index (κ1) is 29.5. The lowest BCUT2D eigenvalue weighted by molar-refractivity contribution is 0.298. The summed E-state index contributed by atoms with van der Waals surface area (Å²) >= 11 is 0. The summed E-state index contributed by atoms with van der Waals surface area (Å²) in [5.41, 5.74) is 0. The van der Waals surface area contributed by atoms with Gasteiger partial charge in [0.1, 0.15) is 17.2 Å². The van der Waals surface area contributed by atoms with Crippen molar-refractivity contribution in [1.29, 1.82) is 0 Å². The summed E-state index contributed by atoms with van der Waals surface area (Å²) in [6.45, 7) is 12.0. The first-order valence-corrected chi connectivity index (χ1v) is 11.5. The molecular formula is C25H37O4P. The minimum atomic E-state index is -3.89. The van der Waals surface area contributed by atoms with Crippen LogP contribution in [0.4, 0.5) is 0 Å². The van der Waals surface area contributed by atoms with Crippen LogP contribution >= 0.6 is 7.82 Å². The molecule has 0 radical (unpaired) electrons. The van der Waals surface area contributed by atoms with Gasteiger partial charge in [0.25, 0.3) is 0 Å². The van der Waals surface area contributed by atoms with Gasteiger partial charge in [-0.3, -0.25) is 0 Å². The molecule has 0 aromatic heterocycles. The fourth-order valence-electron chi connectivity index (χ4n) is 1.89. The van der Waals surface area contributed by atoms with Crippen molar-refractivity contribution in [2.24, 2.45) is 0 Å². The third-order valence-corrected chi connectivity index (χ3v) is 4.18. The molecule has 3 aromatic carbocycles. The average Bonchev–Trinajstić information content (AvgIpc) is 2.80. The first-order valence-electron chi connectivity index (χ1n) is 10.1. The lowest BCUT2D eigenvalue weighted by atomic mass is 10.3. The molecule has 0 atom stereocenters. The Bertz CT molecular complexity index is 670. The summed E-state index contributed by atoms with van der Waals surface area (Å²) in [6.07, 6.45) is 0. The van der Waals surface area contributed by atoms with Crippen molar-refractivity contribution in [2.75, 3.05) is 0 Å². The summed E-state index contributed by atoms with van der Waals surface area (Å²) in [4.78, 5) is 0. The maximum absolute atomic E-state index is 13.1. The van der Waals surface area contributed by atoms with E-state index in [1.54, 1.807) is 72.8 Å². The number of phosphoric acid groups is 1. The molecule has 3 aromatic rings. The van der Waals surface area contributed by atoms with E-state index in [4.69, 9.17) is 13.6 Å². The molecule has 0 heterocycles. The zero-order chi connectivity index (χ0) is 22.0. The predicted octanol–water partition coefficient (Wildman–Crippen LogP) is 9.05. The lowest BCUT2D eigenvalue weighted by Crippen LogP contribution is -2.07. The Morgan fingerprint density at radius 2 is 0.667 bits per heavy atom. The van der Waals surface area contributed by atoms with E-state index in [0.717, 1.165) is 0 Å². The van der Waals surface area contributed by atoms with Crippen LogP contribution in [0.2, 0.25) is 0 Å². The predicted molar refractivity (Wildman–Crippen MR) is 130 cm³/mol. The van der Waals surface area contributed by atoms with E-state index in [9.17, 15) is 4.57 Å². The Labute approximate surface area is 183 Å². The quantitative estimate of drug-likeness (QED) is 0.364. The van der Waals surface area contributed by atoms with Gasteiger partial charge in [-0.1, -0.05) is 104 Å². The van der Waals surface area contributed by atoms with Crippen molar-refractivity contribution in [2.45, 2.75) is 49.0 Å². The van der Waals surface area contributed by atoms with Crippen molar-refractivity contribution in [3.8, 4) is 17.2 Å². The molecule has 0 saturated heterocycles. The third-order valence-electron chi connectivity index (χ3n) is 2.88. The van der Waals surface area contributed by atoms with Gasteiger partial charge in [0, 0.05) is 0 Å². The van der Waals surface area contributed by atoms with E-state index in [0.29, 0.717) is 17.2 Å². The Balaban J connectivity index is 0. The van der Waals surface area contributed by atoms with Crippen LogP contribution in [0, 0.1) is 0 Å². The molecule has 0 N–H and O–H groups in total. The molecule has 4 nitrogen and oxygen atoms in total. The second-order valence-corrected chi connectivity index (χ2v) is 6.10. The van der Waals surface area contributed by atoms with Gasteiger partial charge in [0.2, 0.25) is 0 Å². The van der Waals surface area contributed by atoms with Crippen LogP contribution in [0.5, 0.6) is 17.2 Å². The topological polar surface area (TPSA) is 44.8 Å². The monoisotopic (exact) mass is 432 g/mol. The fourth-order valence-corrected chi connectivity index (χ4v) is 3.14. The summed E-state index contributed by atoms with van der Waals surface area (Å²) in [7, 11) is -3.89. The number of rotatable bonds is 6. The third kappa shape index (κ3) is 11.3. The van der Waals surface area contributed by atoms with E-state index in [1.807, 2.05) is 59.7 Å². The van der Waals surface area contributed by atoms with Crippen molar-refractivity contribution < 1.29 is 18.1 Å². The Kier molecular flexibility index (Phi) is 18.0. The fraction of sp³-hybridized carbons (Fsp3) is 0.280. The average molecular weight is 433 g/mol. The number of phosphoric ester groups is 1. The first-order chi connectivity index (χ1) is 14.2. The van der Waals surface area contributed by atoms with Gasteiger partial charge >= 0.3 is 7.82 Å². The molecule has 30 heavy (non-hydrogen) atoms. The second kappa shape index (κ2) is 18.3. The van der Waals surface area contributed by atoms with E-state index < -0.39 is 7.82 Å². The molecule has 0 bridgehead atoms. The van der Waals surface area contributed by atoms with Crippen LogP contribution in [0.3, 0.4) is 0 Å². The molecule has 0 spiro atoms. The summed E-state index contributed by atoms with van der Waals surface area (Å²) in [6, 6.07) is 26.4. The highest BCUT2D eigenvalue weighted by Crippen LogP contribution is 2.49. The van der Waals surface area contributed by atoms with Crippen molar-refractivity contribution in [3.05, 3.63) is 91.0 Å². The molecule has 0 aliphatic carbocycles. The van der Waals surface area contributed by atoms with Gasteiger partial charge in [0.05, 0.1) is 0 Å². The summed E-state index contributed by atoms with van der Waals surface area (Å²) in [5, 5.41) is 0. The zero-order valence-corrected chi connectivity index (χ0v) is 19.1. The number of benzene rings is 3. The molecule has 0 aliphatic heterocycles. The molecule has 0 unspecified atom stereocenters. The van der Waals surface area contributed by atoms with Crippen molar-refractivity contribution >= 4 is 7.82 Å². The van der Waals surface area contributed by atoms with Gasteiger partial charge in [-0.15, -0.1) is 0 Å². The van der Waals surface area contributed by atoms with Gasteiger partial charge in [-0.05, 0) is 36.4 Å². The maximum Gasteiger partial charge on any atom is 0.647 e. The highest BCUT2D eigenvalue weighted by Gasteiger charge is 2.33. The van der Waals surface area contributed by atoms with Crippen LogP contribution < -0.4 is 13.6 Å². The zero-order valence-electron chi connectivity index (χ0n) is 18.2. The smallest absolute Gasteiger partial charge is 0.386 e. The molecule has 0 saturated carbocycles. The minimum Gasteiger partial charge on any atom is -0.386 e. The van der Waals surface area contributed by atoms with Gasteiger partial charge in [-0.25, -0.2) is 0 Å². The second-order valence-electron chi connectivity index (χ2n) is 4.66. The Morgan fingerprint density at radius 1 is 0.467 bits per heavy atom. The number of hydrogen-bond donors (Lipinski definition) is 0. The Morgan fingerprint density at radius 3 is 0.867 bits per heavy atom. The number of hydrogen-bond acceptors (Lipinski definition) is 4. The van der Waals surface area contributed by atoms with Gasteiger partial charge in [0.15, 0.2) is 0 Å². The van der Waals surface area contributed by atoms with Crippen molar-refractivity contribution in [1.82, 2.24) is 0 Å². The van der Waals surface area contributed by atoms with Crippen LogP contribution in [0.15, 0.2) is 91.0 Å². The molecular weight excluding hydrogens is 395 g/mol. The van der Waals surface area contributed by atoms with E-state index in [2.05, 4.69) is 0 Å². The molecule has 3 rings (SSSR count). The largest absolute Gasteiger partial charge is 0.647 e. The molecule has 166 valence electrons. The van der Waals surface area contributed by atoms with Crippen LogP contribution in [0.1, 0.15) is 49.0 Å².